The molecular formula is C20H24F3N5O4. The van der Waals surface area contributed by atoms with Gasteiger partial charge < -0.3 is 24.8 Å². The van der Waals surface area contributed by atoms with Crippen molar-refractivity contribution in [1.82, 2.24) is 19.7 Å². The molecule has 2 N–H and O–H groups in total. The van der Waals surface area contributed by atoms with Crippen LogP contribution >= 0.6 is 0 Å². The molecule has 2 fully saturated rings. The van der Waals surface area contributed by atoms with E-state index in [1.807, 2.05) is 13.8 Å². The molecule has 3 atom stereocenters. The third-order valence-corrected chi connectivity index (χ3v) is 5.74. The quantitative estimate of drug-likeness (QED) is 0.668. The van der Waals surface area contributed by atoms with Gasteiger partial charge in [-0.15, -0.1) is 18.3 Å². The zero-order chi connectivity index (χ0) is 23.0. The second-order valence-electron chi connectivity index (χ2n) is 8.34. The van der Waals surface area contributed by atoms with Gasteiger partial charge in [0.2, 0.25) is 5.95 Å². The summed E-state index contributed by atoms with van der Waals surface area (Å²) in [7, 11) is 0. The number of piperidine rings is 1. The van der Waals surface area contributed by atoms with Crippen LogP contribution in [0.1, 0.15) is 32.7 Å². The number of hydrogen-bond acceptors (Lipinski definition) is 6. The summed E-state index contributed by atoms with van der Waals surface area (Å²) in [5, 5.41) is 17.1. The van der Waals surface area contributed by atoms with E-state index in [9.17, 15) is 23.1 Å². The van der Waals surface area contributed by atoms with Crippen LogP contribution in [0.15, 0.2) is 24.3 Å². The molecule has 1 saturated carbocycles. The van der Waals surface area contributed by atoms with Gasteiger partial charge in [-0.3, -0.25) is 0 Å². The Labute approximate surface area is 182 Å². The summed E-state index contributed by atoms with van der Waals surface area (Å²) in [6, 6.07) is 5.25. The van der Waals surface area contributed by atoms with Gasteiger partial charge >= 0.3 is 18.5 Å². The zero-order valence-electron chi connectivity index (χ0n) is 17.5. The van der Waals surface area contributed by atoms with Gasteiger partial charge in [-0.05, 0) is 50.7 Å². The highest BCUT2D eigenvalue weighted by molar-refractivity contribution is 5.65. The van der Waals surface area contributed by atoms with Crippen LogP contribution in [0.2, 0.25) is 0 Å². The third-order valence-electron chi connectivity index (χ3n) is 5.74. The van der Waals surface area contributed by atoms with Crippen LogP contribution in [0.3, 0.4) is 0 Å². The van der Waals surface area contributed by atoms with Crippen LogP contribution < -0.4 is 14.8 Å². The van der Waals surface area contributed by atoms with E-state index in [0.717, 1.165) is 18.9 Å². The minimum Gasteiger partial charge on any atom is -0.465 e. The zero-order valence-corrected chi connectivity index (χ0v) is 17.5. The number of rotatable bonds is 6. The lowest BCUT2D eigenvalue weighted by molar-refractivity contribution is -0.274. The average molecular weight is 455 g/mol. The van der Waals surface area contributed by atoms with E-state index in [-0.39, 0.29) is 35.7 Å². The first kappa shape index (κ1) is 22.0. The largest absolute Gasteiger partial charge is 0.573 e. The fraction of sp³-hybridized carbons (Fsp3) is 0.550. The molecule has 174 valence electrons. The monoisotopic (exact) mass is 455 g/mol. The summed E-state index contributed by atoms with van der Waals surface area (Å²) in [6.45, 7) is 4.68. The van der Waals surface area contributed by atoms with Crippen molar-refractivity contribution < 1.29 is 32.5 Å². The van der Waals surface area contributed by atoms with Gasteiger partial charge in [-0.25, -0.2) is 9.48 Å². The van der Waals surface area contributed by atoms with E-state index in [1.54, 1.807) is 0 Å². The lowest BCUT2D eigenvalue weighted by Crippen LogP contribution is -2.49. The van der Waals surface area contributed by atoms with Gasteiger partial charge in [-0.2, -0.15) is 4.98 Å². The molecular weight excluding hydrogens is 431 g/mol. The molecule has 2 bridgehead atoms. The molecule has 1 aliphatic heterocycles. The minimum absolute atomic E-state index is 0.0463. The van der Waals surface area contributed by atoms with E-state index >= 15 is 0 Å². The summed E-state index contributed by atoms with van der Waals surface area (Å²) >= 11 is 0. The molecule has 12 heteroatoms. The van der Waals surface area contributed by atoms with Gasteiger partial charge in [0.1, 0.15) is 11.5 Å². The molecule has 0 spiro atoms. The highest BCUT2D eigenvalue weighted by Gasteiger charge is 2.44. The smallest absolute Gasteiger partial charge is 0.465 e. The normalized spacial score (nSPS) is 22.8. The second-order valence-corrected chi connectivity index (χ2v) is 8.34. The second kappa shape index (κ2) is 8.40. The fourth-order valence-electron chi connectivity index (χ4n) is 4.38. The fourth-order valence-corrected chi connectivity index (χ4v) is 4.38. The number of benzene rings is 1. The Hall–Kier alpha value is -3.18. The average Bonchev–Trinajstić information content (AvgIpc) is 3.17. The number of fused-ring (bicyclic) bond motifs is 2. The highest BCUT2D eigenvalue weighted by Crippen LogP contribution is 2.39. The molecule has 1 aromatic carbocycles. The molecule has 1 aromatic heterocycles. The number of amides is 1. The molecule has 9 nitrogen and oxygen atoms in total. The van der Waals surface area contributed by atoms with Crippen LogP contribution in [0.4, 0.5) is 23.9 Å². The van der Waals surface area contributed by atoms with E-state index < -0.39 is 18.2 Å². The number of carboxylic acid groups (broad SMARTS) is 1. The standard InChI is InChI=1S/C20H24F3N5O4/c1-11(2)28-18(31-14-4-3-5-15(8-14)32-20(21,22)23)25-17(26-28)24-16-12-6-7-13(16)10-27(9-12)19(29)30/h3-5,8,11-13,16H,6-7,9-10H2,1-2H3,(H,24,26)(H,29,30)/t12-,13+,16+. The topological polar surface area (TPSA) is 102 Å². The maximum absolute atomic E-state index is 12.5. The molecule has 0 radical (unpaired) electrons. The van der Waals surface area contributed by atoms with Gasteiger partial charge in [-0.1, -0.05) is 6.07 Å². The number of nitrogens with zero attached hydrogens (tertiary/aromatic N) is 4. The van der Waals surface area contributed by atoms with Crippen molar-refractivity contribution in [3.63, 3.8) is 0 Å². The van der Waals surface area contributed by atoms with E-state index in [2.05, 4.69) is 20.1 Å². The molecule has 4 rings (SSSR count). The van der Waals surface area contributed by atoms with Gasteiger partial charge in [0, 0.05) is 25.2 Å². The predicted octanol–water partition coefficient (Wildman–Crippen LogP) is 4.35. The number of likely N-dealkylation sites (tertiary alicyclic amines) is 1. The Balaban J connectivity index is 1.50. The van der Waals surface area contributed by atoms with Crippen LogP contribution in [-0.2, 0) is 0 Å². The van der Waals surface area contributed by atoms with Crippen molar-refractivity contribution in [3.8, 4) is 17.5 Å². The maximum atomic E-state index is 12.5. The Morgan fingerprint density at radius 3 is 2.47 bits per heavy atom. The molecule has 0 unspecified atom stereocenters. The number of nitrogens with one attached hydrogen (secondary N) is 1. The molecule has 1 amide bonds. The van der Waals surface area contributed by atoms with E-state index in [1.165, 1.54) is 27.8 Å². The van der Waals surface area contributed by atoms with E-state index in [4.69, 9.17) is 4.74 Å². The van der Waals surface area contributed by atoms with E-state index in [0.29, 0.717) is 19.0 Å². The number of aromatic nitrogens is 3. The number of anilines is 1. The van der Waals surface area contributed by atoms with Crippen molar-refractivity contribution >= 4 is 12.0 Å². The van der Waals surface area contributed by atoms with Crippen molar-refractivity contribution in [2.75, 3.05) is 18.4 Å². The van der Waals surface area contributed by atoms with Crippen molar-refractivity contribution in [2.45, 2.75) is 45.1 Å². The maximum Gasteiger partial charge on any atom is 0.573 e. The van der Waals surface area contributed by atoms with Crippen LogP contribution in [0.25, 0.3) is 0 Å². The summed E-state index contributed by atoms with van der Waals surface area (Å²) < 4.78 is 48.7. The lowest BCUT2D eigenvalue weighted by atomic mass is 9.92. The Bertz CT molecular complexity index is 966. The molecule has 2 heterocycles. The Morgan fingerprint density at radius 2 is 1.88 bits per heavy atom. The van der Waals surface area contributed by atoms with Gasteiger partial charge in [0.25, 0.3) is 0 Å². The number of hydrogen-bond donors (Lipinski definition) is 2. The summed E-state index contributed by atoms with van der Waals surface area (Å²) in [5.41, 5.74) is 0. The van der Waals surface area contributed by atoms with Crippen molar-refractivity contribution in [1.29, 1.82) is 0 Å². The summed E-state index contributed by atoms with van der Waals surface area (Å²) in [4.78, 5) is 17.2. The van der Waals surface area contributed by atoms with Crippen LogP contribution in [0, 0.1) is 11.8 Å². The lowest BCUT2D eigenvalue weighted by Gasteiger charge is -2.36. The Morgan fingerprint density at radius 1 is 1.22 bits per heavy atom. The van der Waals surface area contributed by atoms with Gasteiger partial charge in [0.05, 0.1) is 6.04 Å². The van der Waals surface area contributed by atoms with Gasteiger partial charge in [0.15, 0.2) is 0 Å². The predicted molar refractivity (Wildman–Crippen MR) is 107 cm³/mol. The summed E-state index contributed by atoms with van der Waals surface area (Å²) in [6.07, 6.45) is -3.86. The molecule has 1 aliphatic carbocycles. The first-order chi connectivity index (χ1) is 15.1. The van der Waals surface area contributed by atoms with Crippen molar-refractivity contribution in [3.05, 3.63) is 24.3 Å². The number of ether oxygens (including phenoxy) is 2. The number of carbonyl (C=O) groups is 1. The summed E-state index contributed by atoms with van der Waals surface area (Å²) in [5.74, 6) is 0.392. The molecule has 2 aliphatic rings. The molecule has 1 saturated heterocycles. The van der Waals surface area contributed by atoms with Crippen LogP contribution in [-0.4, -0.2) is 56.4 Å². The third kappa shape index (κ3) is 4.83. The molecule has 2 aromatic rings. The first-order valence-corrected chi connectivity index (χ1v) is 10.3. The SMILES string of the molecule is CC(C)n1nc(N[C@H]2[C@@H]3CC[C@H]2CN(C(=O)O)C3)nc1Oc1cccc(OC(F)(F)F)c1. The van der Waals surface area contributed by atoms with Crippen LogP contribution in [0.5, 0.6) is 17.5 Å². The number of halogens is 3. The molecule has 32 heavy (non-hydrogen) atoms. The minimum atomic E-state index is -4.80. The number of alkyl halides is 3. The first-order valence-electron chi connectivity index (χ1n) is 10.3. The Kier molecular flexibility index (Phi) is 5.78. The highest BCUT2D eigenvalue weighted by atomic mass is 19.4. The van der Waals surface area contributed by atoms with Crippen molar-refractivity contribution in [2.24, 2.45) is 11.8 Å².